The smallest absolute Gasteiger partial charge is 0.136 e. The second-order valence-electron chi connectivity index (χ2n) is 4.28. The van der Waals surface area contributed by atoms with Crippen LogP contribution in [-0.2, 0) is 0 Å². The van der Waals surface area contributed by atoms with Gasteiger partial charge in [-0.1, -0.05) is 19.1 Å². The molecule has 0 aliphatic carbocycles. The largest absolute Gasteiger partial charge is 0.394 e. The minimum Gasteiger partial charge on any atom is -0.394 e. The third-order valence-corrected chi connectivity index (χ3v) is 3.75. The van der Waals surface area contributed by atoms with Gasteiger partial charge in [0.25, 0.3) is 0 Å². The fourth-order valence-corrected chi connectivity index (χ4v) is 2.75. The molecule has 0 fully saturated rings. The monoisotopic (exact) mass is 257 g/mol. The molecule has 1 aromatic rings. The van der Waals surface area contributed by atoms with Crippen LogP contribution < -0.4 is 5.32 Å². The van der Waals surface area contributed by atoms with E-state index in [0.29, 0.717) is 4.90 Å². The number of halogens is 1. The zero-order chi connectivity index (χ0) is 12.7. The Labute approximate surface area is 107 Å². The van der Waals surface area contributed by atoms with Gasteiger partial charge in [-0.3, -0.25) is 0 Å². The van der Waals surface area contributed by atoms with Crippen molar-refractivity contribution < 1.29 is 9.50 Å². The molecular formula is C13H20FNOS. The summed E-state index contributed by atoms with van der Waals surface area (Å²) in [7, 11) is 0. The van der Waals surface area contributed by atoms with Crippen molar-refractivity contribution in [2.24, 2.45) is 0 Å². The molecule has 0 aliphatic rings. The Morgan fingerprint density at radius 3 is 2.71 bits per heavy atom. The first-order valence-corrected chi connectivity index (χ1v) is 6.83. The molecule has 1 unspecified atom stereocenters. The molecule has 96 valence electrons. The molecule has 0 amide bonds. The van der Waals surface area contributed by atoms with Crippen LogP contribution in [-0.4, -0.2) is 29.5 Å². The molecule has 17 heavy (non-hydrogen) atoms. The summed E-state index contributed by atoms with van der Waals surface area (Å²) in [6.07, 6.45) is 0.802. The van der Waals surface area contributed by atoms with E-state index >= 15 is 0 Å². The first-order valence-electron chi connectivity index (χ1n) is 5.84. The Bertz CT molecular complexity index is 348. The van der Waals surface area contributed by atoms with Gasteiger partial charge in [-0.05, 0) is 37.8 Å². The van der Waals surface area contributed by atoms with Crippen LogP contribution in [0.25, 0.3) is 0 Å². The van der Waals surface area contributed by atoms with Gasteiger partial charge in [0.15, 0.2) is 0 Å². The van der Waals surface area contributed by atoms with Gasteiger partial charge in [-0.2, -0.15) is 0 Å². The number of rotatable bonds is 7. The number of benzene rings is 1. The van der Waals surface area contributed by atoms with Crippen molar-refractivity contribution in [3.8, 4) is 0 Å². The van der Waals surface area contributed by atoms with Crippen molar-refractivity contribution in [2.45, 2.75) is 30.7 Å². The maximum absolute atomic E-state index is 13.4. The van der Waals surface area contributed by atoms with Gasteiger partial charge in [-0.15, -0.1) is 11.8 Å². The minimum absolute atomic E-state index is 0.0959. The number of thioether (sulfide) groups is 1. The van der Waals surface area contributed by atoms with Crippen molar-refractivity contribution in [1.29, 1.82) is 0 Å². The maximum atomic E-state index is 13.4. The summed E-state index contributed by atoms with van der Waals surface area (Å²) in [5, 5.41) is 12.6. The first-order chi connectivity index (χ1) is 8.11. The predicted octanol–water partition coefficient (Wildman–Crippen LogP) is 2.67. The van der Waals surface area contributed by atoms with Crippen molar-refractivity contribution in [3.63, 3.8) is 0 Å². The zero-order valence-corrected chi connectivity index (χ0v) is 11.2. The van der Waals surface area contributed by atoms with Gasteiger partial charge in [0.05, 0.1) is 6.61 Å². The van der Waals surface area contributed by atoms with Gasteiger partial charge in [0.2, 0.25) is 0 Å². The van der Waals surface area contributed by atoms with E-state index in [0.717, 1.165) is 18.7 Å². The molecule has 2 N–H and O–H groups in total. The van der Waals surface area contributed by atoms with E-state index in [1.165, 1.54) is 17.8 Å². The second kappa shape index (κ2) is 6.99. The van der Waals surface area contributed by atoms with E-state index in [-0.39, 0.29) is 18.0 Å². The lowest BCUT2D eigenvalue weighted by molar-refractivity contribution is 0.173. The highest BCUT2D eigenvalue weighted by Crippen LogP contribution is 2.24. The SMILES string of the molecule is CCNC(C)(CO)CCSc1ccccc1F. The molecule has 1 rings (SSSR count). The lowest BCUT2D eigenvalue weighted by Gasteiger charge is -2.28. The van der Waals surface area contributed by atoms with E-state index in [1.807, 2.05) is 19.9 Å². The van der Waals surface area contributed by atoms with Crippen LogP contribution in [0, 0.1) is 5.82 Å². The highest BCUT2D eigenvalue weighted by molar-refractivity contribution is 7.99. The van der Waals surface area contributed by atoms with E-state index in [4.69, 9.17) is 0 Å². The lowest BCUT2D eigenvalue weighted by Crippen LogP contribution is -2.46. The average Bonchev–Trinajstić information content (AvgIpc) is 2.32. The average molecular weight is 257 g/mol. The van der Waals surface area contributed by atoms with Crippen molar-refractivity contribution in [2.75, 3.05) is 18.9 Å². The normalized spacial score (nSPS) is 14.6. The number of aliphatic hydroxyl groups is 1. The van der Waals surface area contributed by atoms with Crippen LogP contribution in [0.15, 0.2) is 29.2 Å². The fraction of sp³-hybridized carbons (Fsp3) is 0.538. The van der Waals surface area contributed by atoms with Gasteiger partial charge in [0.1, 0.15) is 5.82 Å². The zero-order valence-electron chi connectivity index (χ0n) is 10.4. The van der Waals surface area contributed by atoms with Crippen LogP contribution in [0.3, 0.4) is 0 Å². The van der Waals surface area contributed by atoms with E-state index in [9.17, 15) is 9.50 Å². The van der Waals surface area contributed by atoms with Crippen LogP contribution >= 0.6 is 11.8 Å². The van der Waals surface area contributed by atoms with E-state index in [2.05, 4.69) is 5.32 Å². The molecule has 2 nitrogen and oxygen atoms in total. The summed E-state index contributed by atoms with van der Waals surface area (Å²) in [5.74, 6) is 0.608. The third-order valence-electron chi connectivity index (χ3n) is 2.70. The van der Waals surface area contributed by atoms with Crippen LogP contribution in [0.5, 0.6) is 0 Å². The van der Waals surface area contributed by atoms with Gasteiger partial charge >= 0.3 is 0 Å². The Morgan fingerprint density at radius 2 is 2.12 bits per heavy atom. The molecule has 0 heterocycles. The summed E-state index contributed by atoms with van der Waals surface area (Å²) >= 11 is 1.49. The molecule has 4 heteroatoms. The standard InChI is InChI=1S/C13H20FNOS/c1-3-15-13(2,10-16)8-9-17-12-7-5-4-6-11(12)14/h4-7,15-16H,3,8-10H2,1-2H3. The second-order valence-corrected chi connectivity index (χ2v) is 5.41. The summed E-state index contributed by atoms with van der Waals surface area (Å²) in [5.41, 5.74) is -0.271. The summed E-state index contributed by atoms with van der Waals surface area (Å²) in [6.45, 7) is 4.91. The minimum atomic E-state index is -0.271. The van der Waals surface area contributed by atoms with Gasteiger partial charge < -0.3 is 10.4 Å². The highest BCUT2D eigenvalue weighted by atomic mass is 32.2. The topological polar surface area (TPSA) is 32.3 Å². The van der Waals surface area contributed by atoms with Crippen LogP contribution in [0.1, 0.15) is 20.3 Å². The van der Waals surface area contributed by atoms with E-state index in [1.54, 1.807) is 12.1 Å². The molecule has 1 atom stereocenters. The molecule has 0 aliphatic heterocycles. The lowest BCUT2D eigenvalue weighted by atomic mass is 10.0. The number of hydrogen-bond acceptors (Lipinski definition) is 3. The maximum Gasteiger partial charge on any atom is 0.136 e. The summed E-state index contributed by atoms with van der Waals surface area (Å²) < 4.78 is 13.4. The Balaban J connectivity index is 2.44. The van der Waals surface area contributed by atoms with Crippen molar-refractivity contribution in [1.82, 2.24) is 5.32 Å². The highest BCUT2D eigenvalue weighted by Gasteiger charge is 2.21. The summed E-state index contributed by atoms with van der Waals surface area (Å²) in [6, 6.07) is 6.78. The summed E-state index contributed by atoms with van der Waals surface area (Å²) in [4.78, 5) is 0.671. The predicted molar refractivity (Wildman–Crippen MR) is 70.9 cm³/mol. The molecule has 0 saturated carbocycles. The quantitative estimate of drug-likeness (QED) is 0.737. The van der Waals surface area contributed by atoms with Crippen molar-refractivity contribution >= 4 is 11.8 Å². The molecule has 0 spiro atoms. The molecule has 0 bridgehead atoms. The number of hydrogen-bond donors (Lipinski definition) is 2. The Hall–Kier alpha value is -0.580. The van der Waals surface area contributed by atoms with E-state index < -0.39 is 0 Å². The number of likely N-dealkylation sites (N-methyl/N-ethyl adjacent to an activating group) is 1. The van der Waals surface area contributed by atoms with Crippen molar-refractivity contribution in [3.05, 3.63) is 30.1 Å². The van der Waals surface area contributed by atoms with Gasteiger partial charge in [-0.25, -0.2) is 4.39 Å². The fourth-order valence-electron chi connectivity index (χ4n) is 1.60. The molecule has 1 aromatic carbocycles. The van der Waals surface area contributed by atoms with Crippen LogP contribution in [0.4, 0.5) is 4.39 Å². The third kappa shape index (κ3) is 4.66. The number of nitrogens with one attached hydrogen (secondary N) is 1. The van der Waals surface area contributed by atoms with Gasteiger partial charge in [0, 0.05) is 10.4 Å². The molecular weight excluding hydrogens is 237 g/mol. The molecule has 0 radical (unpaired) electrons. The van der Waals surface area contributed by atoms with Crippen LogP contribution in [0.2, 0.25) is 0 Å². The Morgan fingerprint density at radius 1 is 1.41 bits per heavy atom. The molecule has 0 saturated heterocycles. The number of aliphatic hydroxyl groups excluding tert-OH is 1. The first kappa shape index (κ1) is 14.5. The Kier molecular flexibility index (Phi) is 5.95. The molecule has 0 aromatic heterocycles.